The highest BCUT2D eigenvalue weighted by molar-refractivity contribution is 6.74. The van der Waals surface area contributed by atoms with Gasteiger partial charge in [-0.2, -0.15) is 0 Å². The smallest absolute Gasteiger partial charge is 0.312 e. The number of ketones is 2. The van der Waals surface area contributed by atoms with Gasteiger partial charge in [-0.3, -0.25) is 14.4 Å². The van der Waals surface area contributed by atoms with E-state index in [0.29, 0.717) is 34.6 Å². The average molecular weight is 471 g/mol. The lowest BCUT2D eigenvalue weighted by Crippen LogP contribution is -2.40. The van der Waals surface area contributed by atoms with Crippen LogP contribution >= 0.6 is 0 Å². The Labute approximate surface area is 199 Å². The molecule has 33 heavy (non-hydrogen) atoms. The first kappa shape index (κ1) is 26.9. The lowest BCUT2D eigenvalue weighted by atomic mass is 9.71. The molecule has 0 aliphatic heterocycles. The van der Waals surface area contributed by atoms with Gasteiger partial charge in [0.05, 0.1) is 13.0 Å². The zero-order chi connectivity index (χ0) is 25.4. The average Bonchev–Trinajstić information content (AvgIpc) is 2.69. The van der Waals surface area contributed by atoms with Gasteiger partial charge in [-0.25, -0.2) is 0 Å². The molecule has 0 atom stereocenters. The molecular formula is C27H38O5Si. The van der Waals surface area contributed by atoms with E-state index in [1.54, 1.807) is 46.8 Å². The first-order chi connectivity index (χ1) is 15.0. The van der Waals surface area contributed by atoms with Crippen molar-refractivity contribution in [1.82, 2.24) is 0 Å². The predicted octanol–water partition coefficient (Wildman–Crippen LogP) is 6.33. The van der Waals surface area contributed by atoms with Crippen LogP contribution < -0.4 is 4.74 Å². The Bertz CT molecular complexity index is 1020. The Morgan fingerprint density at radius 2 is 1.36 bits per heavy atom. The van der Waals surface area contributed by atoms with E-state index in [2.05, 4.69) is 33.9 Å². The second kappa shape index (κ2) is 9.51. The summed E-state index contributed by atoms with van der Waals surface area (Å²) in [7, 11) is -1.84. The molecule has 0 unspecified atom stereocenters. The predicted molar refractivity (Wildman–Crippen MR) is 134 cm³/mol. The topological polar surface area (TPSA) is 69.7 Å². The summed E-state index contributed by atoms with van der Waals surface area (Å²) in [5.41, 5.74) is 1.91. The van der Waals surface area contributed by atoms with Gasteiger partial charge in [0.2, 0.25) is 0 Å². The van der Waals surface area contributed by atoms with E-state index in [0.717, 1.165) is 5.56 Å². The summed E-state index contributed by atoms with van der Waals surface area (Å²) in [6, 6.07) is 7.30. The van der Waals surface area contributed by atoms with Crippen molar-refractivity contribution in [2.75, 3.05) is 0 Å². The number of hydrogen-bond acceptors (Lipinski definition) is 5. The summed E-state index contributed by atoms with van der Waals surface area (Å²) in [5, 5.41) is 0.139. The van der Waals surface area contributed by atoms with Crippen LogP contribution in [0.2, 0.25) is 18.1 Å². The van der Waals surface area contributed by atoms with Crippen LogP contribution in [0.5, 0.6) is 5.75 Å². The largest absolute Gasteiger partial charge is 0.427 e. The van der Waals surface area contributed by atoms with Crippen LogP contribution in [0.3, 0.4) is 0 Å². The van der Waals surface area contributed by atoms with Gasteiger partial charge in [0.25, 0.3) is 0 Å². The number of rotatable bonds is 7. The molecule has 6 heteroatoms. The summed E-state index contributed by atoms with van der Waals surface area (Å²) < 4.78 is 11.8. The summed E-state index contributed by atoms with van der Waals surface area (Å²) in [6.07, 6.45) is -0.0126. The molecule has 1 aliphatic carbocycles. The molecule has 0 N–H and O–H groups in total. The monoisotopic (exact) mass is 470 g/mol. The first-order valence-electron chi connectivity index (χ1n) is 11.4. The number of benzene rings is 1. The summed E-state index contributed by atoms with van der Waals surface area (Å²) >= 11 is 0. The van der Waals surface area contributed by atoms with Gasteiger partial charge < -0.3 is 9.16 Å². The highest BCUT2D eigenvalue weighted by Crippen LogP contribution is 2.39. The molecule has 0 spiro atoms. The Kier molecular flexibility index (Phi) is 7.76. The first-order valence-corrected chi connectivity index (χ1v) is 14.3. The molecular weight excluding hydrogens is 432 g/mol. The minimum atomic E-state index is -1.84. The van der Waals surface area contributed by atoms with E-state index >= 15 is 0 Å². The van der Waals surface area contributed by atoms with Gasteiger partial charge in [0, 0.05) is 27.7 Å². The lowest BCUT2D eigenvalue weighted by Gasteiger charge is -2.36. The zero-order valence-electron chi connectivity index (χ0n) is 21.8. The fourth-order valence-corrected chi connectivity index (χ4v) is 4.62. The molecule has 5 nitrogen and oxygen atoms in total. The van der Waals surface area contributed by atoms with E-state index in [-0.39, 0.29) is 23.0 Å². The van der Waals surface area contributed by atoms with Crippen molar-refractivity contribution in [2.45, 2.75) is 86.5 Å². The van der Waals surface area contributed by atoms with Crippen molar-refractivity contribution in [3.63, 3.8) is 0 Å². The minimum absolute atomic E-state index is 0.0126. The number of ether oxygens (including phenoxy) is 1. The van der Waals surface area contributed by atoms with Crippen LogP contribution in [0, 0.1) is 5.41 Å². The molecule has 180 valence electrons. The molecule has 0 aromatic heterocycles. The van der Waals surface area contributed by atoms with Gasteiger partial charge >= 0.3 is 5.97 Å². The lowest BCUT2D eigenvalue weighted by molar-refractivity contribution is -0.136. The van der Waals surface area contributed by atoms with E-state index in [1.165, 1.54) is 0 Å². The summed E-state index contributed by atoms with van der Waals surface area (Å²) in [6.45, 7) is 20.1. The Hall–Kier alpha value is -2.31. The maximum absolute atomic E-state index is 12.9. The van der Waals surface area contributed by atoms with Gasteiger partial charge in [0.15, 0.2) is 19.9 Å². The molecule has 1 aliphatic rings. The molecule has 0 saturated heterocycles. The SMILES string of the molecule is CC1=C(C)C(=O)C(C(C)(C)CC(=O)Oc2ccc(CO[Si](C)(C)C(C)(C)C)cc2)=C(C)C1=O. The van der Waals surface area contributed by atoms with Crippen LogP contribution in [0.1, 0.15) is 67.4 Å². The van der Waals surface area contributed by atoms with Crippen LogP contribution in [0.4, 0.5) is 0 Å². The maximum atomic E-state index is 12.9. The fourth-order valence-electron chi connectivity index (χ4n) is 3.66. The molecule has 0 fully saturated rings. The Morgan fingerprint density at radius 1 is 0.848 bits per heavy atom. The van der Waals surface area contributed by atoms with Crippen molar-refractivity contribution >= 4 is 25.9 Å². The number of Topliss-reactive ketones (excluding diaryl/α,β-unsaturated/α-hetero) is 2. The van der Waals surface area contributed by atoms with Crippen molar-refractivity contribution < 1.29 is 23.5 Å². The van der Waals surface area contributed by atoms with Crippen molar-refractivity contribution in [2.24, 2.45) is 5.41 Å². The second-order valence-electron chi connectivity index (χ2n) is 11.1. The van der Waals surface area contributed by atoms with Crippen molar-refractivity contribution in [3.8, 4) is 5.75 Å². The number of carbonyl (C=O) groups excluding carboxylic acids is 3. The van der Waals surface area contributed by atoms with Crippen LogP contribution in [0.15, 0.2) is 46.6 Å². The van der Waals surface area contributed by atoms with Gasteiger partial charge in [-0.15, -0.1) is 0 Å². The molecule has 1 aromatic carbocycles. The van der Waals surface area contributed by atoms with E-state index in [1.807, 2.05) is 12.1 Å². The highest BCUT2D eigenvalue weighted by atomic mass is 28.4. The van der Waals surface area contributed by atoms with Crippen molar-refractivity contribution in [1.29, 1.82) is 0 Å². The Balaban J connectivity index is 2.06. The summed E-state index contributed by atoms with van der Waals surface area (Å²) in [4.78, 5) is 38.1. The standard InChI is InChI=1S/C27H38O5Si/c1-17-18(2)25(30)23(19(3)24(17)29)27(7,8)15-22(28)32-21-13-11-20(12-14-21)16-31-33(9,10)26(4,5)6/h11-14H,15-16H2,1-10H3. The normalized spacial score (nSPS) is 15.9. The molecule has 0 radical (unpaired) electrons. The molecule has 0 amide bonds. The molecule has 0 bridgehead atoms. The quantitative estimate of drug-likeness (QED) is 0.201. The summed E-state index contributed by atoms with van der Waals surface area (Å²) in [5.74, 6) is -0.321. The molecule has 0 saturated carbocycles. The van der Waals surface area contributed by atoms with Crippen molar-refractivity contribution in [3.05, 3.63) is 52.1 Å². The third-order valence-corrected chi connectivity index (χ3v) is 11.5. The molecule has 1 aromatic rings. The van der Waals surface area contributed by atoms with Gasteiger partial charge in [-0.1, -0.05) is 46.8 Å². The van der Waals surface area contributed by atoms with E-state index in [4.69, 9.17) is 9.16 Å². The van der Waals surface area contributed by atoms with Crippen LogP contribution in [0.25, 0.3) is 0 Å². The third-order valence-electron chi connectivity index (χ3n) is 7.01. The number of hydrogen-bond donors (Lipinski definition) is 0. The fraction of sp³-hybridized carbons (Fsp3) is 0.519. The van der Waals surface area contributed by atoms with E-state index < -0.39 is 19.7 Å². The highest BCUT2D eigenvalue weighted by Gasteiger charge is 2.39. The second-order valence-corrected chi connectivity index (χ2v) is 15.9. The third kappa shape index (κ3) is 5.98. The number of allylic oxidation sites excluding steroid dienone is 4. The van der Waals surface area contributed by atoms with Gasteiger partial charge in [0.1, 0.15) is 5.75 Å². The maximum Gasteiger partial charge on any atom is 0.312 e. The van der Waals surface area contributed by atoms with Crippen LogP contribution in [-0.2, 0) is 25.4 Å². The molecule has 2 rings (SSSR count). The zero-order valence-corrected chi connectivity index (χ0v) is 22.8. The Morgan fingerprint density at radius 3 is 1.88 bits per heavy atom. The number of esters is 1. The molecule has 0 heterocycles. The number of carbonyl (C=O) groups is 3. The van der Waals surface area contributed by atoms with Crippen LogP contribution in [-0.4, -0.2) is 25.9 Å². The minimum Gasteiger partial charge on any atom is -0.427 e. The van der Waals surface area contributed by atoms with Gasteiger partial charge in [-0.05, 0) is 56.6 Å². The van der Waals surface area contributed by atoms with E-state index in [9.17, 15) is 14.4 Å².